The van der Waals surface area contributed by atoms with E-state index in [4.69, 9.17) is 17.0 Å². The van der Waals surface area contributed by atoms with Crippen LogP contribution < -0.4 is 0 Å². The monoisotopic (exact) mass is 256 g/mol. The maximum absolute atomic E-state index is 11.9. The molecule has 16 heavy (non-hydrogen) atoms. The molecule has 1 aliphatic carbocycles. The van der Waals surface area contributed by atoms with Crippen LogP contribution in [0.5, 0.6) is 0 Å². The predicted octanol–water partition coefficient (Wildman–Crippen LogP) is 3.45. The van der Waals surface area contributed by atoms with Crippen LogP contribution in [0.15, 0.2) is 0 Å². The number of ether oxygens (including phenoxy) is 2. The van der Waals surface area contributed by atoms with Gasteiger partial charge in [-0.2, -0.15) is 0 Å². The minimum absolute atomic E-state index is 0.297. The first kappa shape index (κ1) is 13.7. The van der Waals surface area contributed by atoms with Crippen LogP contribution in [0, 0.1) is 5.92 Å². The van der Waals surface area contributed by atoms with E-state index in [2.05, 4.69) is 4.74 Å². The molecule has 0 heterocycles. The lowest BCUT2D eigenvalue weighted by atomic mass is 9.88. The number of hydrogen-bond acceptors (Lipinski definition) is 3. The van der Waals surface area contributed by atoms with E-state index in [1.807, 2.05) is 0 Å². The first-order valence-corrected chi connectivity index (χ1v) is 5.65. The fourth-order valence-corrected chi connectivity index (χ4v) is 1.91. The maximum atomic E-state index is 11.9. The molecule has 0 aromatic carbocycles. The molecule has 1 aliphatic rings. The summed E-state index contributed by atoms with van der Waals surface area (Å²) in [6.45, 7) is 2.20. The summed E-state index contributed by atoms with van der Waals surface area (Å²) in [6, 6.07) is 0. The lowest BCUT2D eigenvalue weighted by molar-refractivity contribution is -0.345. The van der Waals surface area contributed by atoms with E-state index in [1.165, 1.54) is 0 Å². The van der Waals surface area contributed by atoms with Crippen molar-refractivity contribution < 1.29 is 22.6 Å². The lowest BCUT2D eigenvalue weighted by Gasteiger charge is -2.28. The zero-order valence-corrected chi connectivity index (χ0v) is 9.87. The third-order valence-electron chi connectivity index (χ3n) is 2.62. The van der Waals surface area contributed by atoms with Crippen LogP contribution in [0.25, 0.3) is 0 Å². The van der Waals surface area contributed by atoms with Crippen LogP contribution in [-0.4, -0.2) is 24.1 Å². The number of hydrogen-bond donors (Lipinski definition) is 0. The topological polar surface area (TPSA) is 18.5 Å². The van der Waals surface area contributed by atoms with Crippen molar-refractivity contribution >= 4 is 17.3 Å². The average molecular weight is 256 g/mol. The Morgan fingerprint density at radius 1 is 1.25 bits per heavy atom. The Bertz CT molecular complexity index is 235. The molecule has 0 saturated heterocycles. The molecule has 0 N–H and O–H groups in total. The molecule has 6 heteroatoms. The van der Waals surface area contributed by atoms with Crippen molar-refractivity contribution in [2.45, 2.75) is 45.1 Å². The number of thiocarbonyl (C=S) groups is 1. The second kappa shape index (κ2) is 5.82. The Labute approximate surface area is 98.1 Å². The average Bonchev–Trinajstić information content (AvgIpc) is 2.14. The Balaban J connectivity index is 2.21. The fourth-order valence-electron chi connectivity index (χ4n) is 1.84. The zero-order valence-electron chi connectivity index (χ0n) is 9.05. The molecule has 0 bridgehead atoms. The summed E-state index contributed by atoms with van der Waals surface area (Å²) in [4.78, 5) is 0. The van der Waals surface area contributed by atoms with E-state index in [0.717, 1.165) is 0 Å². The molecular weight excluding hydrogens is 241 g/mol. The van der Waals surface area contributed by atoms with Gasteiger partial charge in [0.1, 0.15) is 0 Å². The Morgan fingerprint density at radius 3 is 2.25 bits per heavy atom. The van der Waals surface area contributed by atoms with E-state index in [0.29, 0.717) is 43.3 Å². The van der Waals surface area contributed by atoms with Gasteiger partial charge in [0.05, 0.1) is 12.7 Å². The molecule has 94 valence electrons. The number of halogens is 3. The minimum Gasteiger partial charge on any atom is -0.487 e. The van der Waals surface area contributed by atoms with E-state index in [1.54, 1.807) is 6.92 Å². The zero-order chi connectivity index (χ0) is 12.2. The molecule has 0 aromatic rings. The van der Waals surface area contributed by atoms with E-state index < -0.39 is 12.5 Å². The van der Waals surface area contributed by atoms with Crippen molar-refractivity contribution in [2.24, 2.45) is 5.92 Å². The van der Waals surface area contributed by atoms with Crippen molar-refractivity contribution in [3.63, 3.8) is 0 Å². The van der Waals surface area contributed by atoms with E-state index >= 15 is 0 Å². The molecular formula is C10H15F3O2S. The van der Waals surface area contributed by atoms with Gasteiger partial charge in [-0.1, -0.05) is 0 Å². The van der Waals surface area contributed by atoms with Crippen LogP contribution in [0.1, 0.15) is 32.6 Å². The molecule has 0 amide bonds. The highest BCUT2D eigenvalue weighted by Gasteiger charge is 2.35. The van der Waals surface area contributed by atoms with Gasteiger partial charge >= 0.3 is 6.36 Å². The maximum Gasteiger partial charge on any atom is 0.522 e. The fraction of sp³-hybridized carbons (Fsp3) is 0.900. The quantitative estimate of drug-likeness (QED) is 0.721. The summed E-state index contributed by atoms with van der Waals surface area (Å²) in [6.07, 6.45) is -2.94. The van der Waals surface area contributed by atoms with Gasteiger partial charge in [0.15, 0.2) is 5.05 Å². The van der Waals surface area contributed by atoms with Crippen molar-refractivity contribution in [3.05, 3.63) is 0 Å². The van der Waals surface area contributed by atoms with Crippen molar-refractivity contribution in [1.82, 2.24) is 0 Å². The standard InChI is InChI=1S/C10H15F3O2S/c1-7(16)14-6-8-2-4-9(5-3-8)15-10(11,12)13/h8-9H,2-6H2,1H3. The Morgan fingerprint density at radius 2 is 1.81 bits per heavy atom. The van der Waals surface area contributed by atoms with Crippen LogP contribution in [0.4, 0.5) is 13.2 Å². The first-order valence-electron chi connectivity index (χ1n) is 5.24. The molecule has 0 aliphatic heterocycles. The highest BCUT2D eigenvalue weighted by molar-refractivity contribution is 7.80. The first-order chi connectivity index (χ1) is 7.37. The SMILES string of the molecule is CC(=S)OCC1CCC(OC(F)(F)F)CC1. The van der Waals surface area contributed by atoms with Gasteiger partial charge in [-0.25, -0.2) is 0 Å². The molecule has 2 nitrogen and oxygen atoms in total. The van der Waals surface area contributed by atoms with Gasteiger partial charge in [-0.05, 0) is 43.8 Å². The summed E-state index contributed by atoms with van der Waals surface area (Å²) in [5.41, 5.74) is 0. The Kier molecular flexibility index (Phi) is 4.98. The van der Waals surface area contributed by atoms with Crippen LogP contribution >= 0.6 is 12.2 Å². The molecule has 0 unspecified atom stereocenters. The smallest absolute Gasteiger partial charge is 0.487 e. The molecule has 0 aromatic heterocycles. The van der Waals surface area contributed by atoms with Gasteiger partial charge in [0.25, 0.3) is 0 Å². The molecule has 0 atom stereocenters. The Hall–Kier alpha value is -0.360. The summed E-state index contributed by atoms with van der Waals surface area (Å²) in [5, 5.41) is 0.480. The molecule has 0 spiro atoms. The van der Waals surface area contributed by atoms with Crippen molar-refractivity contribution in [3.8, 4) is 0 Å². The second-order valence-electron chi connectivity index (χ2n) is 4.01. The highest BCUT2D eigenvalue weighted by atomic mass is 32.1. The third-order valence-corrected chi connectivity index (χ3v) is 2.73. The van der Waals surface area contributed by atoms with Crippen LogP contribution in [0.3, 0.4) is 0 Å². The normalized spacial score (nSPS) is 26.5. The molecule has 0 radical (unpaired) electrons. The largest absolute Gasteiger partial charge is 0.522 e. The van der Waals surface area contributed by atoms with E-state index in [9.17, 15) is 13.2 Å². The van der Waals surface area contributed by atoms with Gasteiger partial charge in [-0.15, -0.1) is 13.2 Å². The highest BCUT2D eigenvalue weighted by Crippen LogP contribution is 2.30. The third kappa shape index (κ3) is 5.65. The number of rotatable bonds is 3. The van der Waals surface area contributed by atoms with Gasteiger partial charge in [0, 0.05) is 6.92 Å². The van der Waals surface area contributed by atoms with Crippen LogP contribution in [0.2, 0.25) is 0 Å². The van der Waals surface area contributed by atoms with E-state index in [-0.39, 0.29) is 0 Å². The number of alkyl halides is 3. The van der Waals surface area contributed by atoms with Crippen molar-refractivity contribution in [1.29, 1.82) is 0 Å². The van der Waals surface area contributed by atoms with Gasteiger partial charge in [-0.3, -0.25) is 4.74 Å². The van der Waals surface area contributed by atoms with Gasteiger partial charge in [0.2, 0.25) is 0 Å². The minimum atomic E-state index is -4.51. The van der Waals surface area contributed by atoms with Crippen molar-refractivity contribution in [2.75, 3.05) is 6.61 Å². The molecule has 1 saturated carbocycles. The summed E-state index contributed by atoms with van der Waals surface area (Å²) >= 11 is 4.76. The summed E-state index contributed by atoms with van der Waals surface area (Å²) in [5.74, 6) is 0.297. The summed E-state index contributed by atoms with van der Waals surface area (Å²) in [7, 11) is 0. The van der Waals surface area contributed by atoms with Crippen LogP contribution in [-0.2, 0) is 9.47 Å². The molecule has 1 fully saturated rings. The molecule has 1 rings (SSSR count). The summed E-state index contributed by atoms with van der Waals surface area (Å²) < 4.78 is 45.0. The predicted molar refractivity (Wildman–Crippen MR) is 57.1 cm³/mol. The second-order valence-corrected chi connectivity index (χ2v) is 4.58. The lowest BCUT2D eigenvalue weighted by Crippen LogP contribution is -2.29. The van der Waals surface area contributed by atoms with Gasteiger partial charge < -0.3 is 4.74 Å².